The molecule has 5 heteroatoms. The molecule has 1 aliphatic carbocycles. The van der Waals surface area contributed by atoms with E-state index in [4.69, 9.17) is 19.4 Å². The van der Waals surface area contributed by atoms with Gasteiger partial charge in [0.2, 0.25) is 0 Å². The summed E-state index contributed by atoms with van der Waals surface area (Å²) in [6, 6.07) is 64.2. The van der Waals surface area contributed by atoms with Crippen LogP contribution in [-0.2, 0) is 5.41 Å². The summed E-state index contributed by atoms with van der Waals surface area (Å²) in [7, 11) is 0. The summed E-state index contributed by atoms with van der Waals surface area (Å²) in [6.07, 6.45) is 0. The van der Waals surface area contributed by atoms with Crippen LogP contribution in [0.5, 0.6) is 0 Å². The Morgan fingerprint density at radius 1 is 0.407 bits per heavy atom. The van der Waals surface area contributed by atoms with Gasteiger partial charge in [0.1, 0.15) is 5.58 Å². The number of benzene rings is 8. The van der Waals surface area contributed by atoms with Gasteiger partial charge in [0, 0.05) is 43.7 Å². The van der Waals surface area contributed by atoms with Gasteiger partial charge in [-0.05, 0) is 81.9 Å². The van der Waals surface area contributed by atoms with E-state index in [0.717, 1.165) is 71.7 Å². The number of rotatable bonds is 5. The molecule has 0 N–H and O–H groups in total. The molecule has 1 aliphatic rings. The first kappa shape index (κ1) is 33.5. The van der Waals surface area contributed by atoms with Crippen molar-refractivity contribution >= 4 is 43.7 Å². The molecule has 12 rings (SSSR count). The van der Waals surface area contributed by atoms with E-state index in [-0.39, 0.29) is 5.41 Å². The van der Waals surface area contributed by atoms with Gasteiger partial charge in [0.05, 0.1) is 16.7 Å². The van der Waals surface area contributed by atoms with Crippen molar-refractivity contribution in [2.75, 3.05) is 0 Å². The van der Waals surface area contributed by atoms with E-state index < -0.39 is 0 Å². The lowest BCUT2D eigenvalue weighted by Gasteiger charge is -2.21. The van der Waals surface area contributed by atoms with Crippen LogP contribution in [0.4, 0.5) is 0 Å². The lowest BCUT2D eigenvalue weighted by Crippen LogP contribution is -2.15. The number of hydrogen-bond acceptors (Lipinski definition) is 4. The predicted octanol–water partition coefficient (Wildman–Crippen LogP) is 13.8. The molecule has 0 bridgehead atoms. The SMILES string of the molecule is CC1(C)c2ccccc2-c2ccc(-c3nc(-c4ccccc4)nc(-c4ccc5c(c4)c4ccccc4n5-c4cccc5c4oc4ccc(-c6ccccc6)cc45)n3)cc21. The molecule has 8 aromatic carbocycles. The van der Waals surface area contributed by atoms with Crippen LogP contribution >= 0.6 is 0 Å². The molecule has 11 aromatic rings. The Morgan fingerprint density at radius 2 is 1.00 bits per heavy atom. The van der Waals surface area contributed by atoms with Gasteiger partial charge in [-0.25, -0.2) is 15.0 Å². The fourth-order valence-corrected chi connectivity index (χ4v) is 9.34. The van der Waals surface area contributed by atoms with Crippen molar-refractivity contribution in [3.63, 3.8) is 0 Å². The smallest absolute Gasteiger partial charge is 0.164 e. The molecular formula is C54H36N4O. The van der Waals surface area contributed by atoms with Crippen molar-refractivity contribution in [3.8, 4) is 62.1 Å². The second kappa shape index (κ2) is 12.7. The number of aromatic nitrogens is 4. The van der Waals surface area contributed by atoms with E-state index in [1.807, 2.05) is 18.2 Å². The Bertz CT molecular complexity index is 3470. The van der Waals surface area contributed by atoms with E-state index >= 15 is 0 Å². The first-order valence-electron chi connectivity index (χ1n) is 20.1. The molecule has 59 heavy (non-hydrogen) atoms. The van der Waals surface area contributed by atoms with Gasteiger partial charge < -0.3 is 8.98 Å². The molecule has 0 amide bonds. The maximum Gasteiger partial charge on any atom is 0.164 e. The van der Waals surface area contributed by atoms with Crippen LogP contribution in [0.15, 0.2) is 186 Å². The number of para-hydroxylation sites is 2. The number of fused-ring (bicyclic) bond motifs is 9. The van der Waals surface area contributed by atoms with E-state index in [1.54, 1.807) is 0 Å². The van der Waals surface area contributed by atoms with Gasteiger partial charge in [-0.3, -0.25) is 0 Å². The highest BCUT2D eigenvalue weighted by atomic mass is 16.3. The van der Waals surface area contributed by atoms with Crippen LogP contribution < -0.4 is 0 Å². The van der Waals surface area contributed by atoms with E-state index in [2.05, 4.69) is 182 Å². The van der Waals surface area contributed by atoms with Gasteiger partial charge in [0.15, 0.2) is 23.1 Å². The van der Waals surface area contributed by atoms with Gasteiger partial charge >= 0.3 is 0 Å². The maximum atomic E-state index is 6.71. The Kier molecular flexibility index (Phi) is 7.20. The summed E-state index contributed by atoms with van der Waals surface area (Å²) in [5, 5.41) is 4.44. The standard InChI is InChI=1S/C54H36N4O/c1-54(2)44-21-11-9-18-38(44)39-27-24-37(32-45(39)54)53-56-51(34-16-7-4-8-17-34)55-52(57-53)36-25-28-47-42(31-36)40-19-10-12-22-46(40)58(47)48-23-13-20-41-43-30-35(33-14-5-3-6-15-33)26-29-49(43)59-50(41)48/h3-32H,1-2H3. The second-order valence-electron chi connectivity index (χ2n) is 16.0. The van der Waals surface area contributed by atoms with Crippen molar-refractivity contribution in [2.24, 2.45) is 0 Å². The first-order chi connectivity index (χ1) is 29.0. The number of hydrogen-bond donors (Lipinski definition) is 0. The molecule has 0 unspecified atom stereocenters. The Hall–Kier alpha value is -7.63. The summed E-state index contributed by atoms with van der Waals surface area (Å²) >= 11 is 0. The fourth-order valence-electron chi connectivity index (χ4n) is 9.34. The summed E-state index contributed by atoms with van der Waals surface area (Å²) in [5.74, 6) is 1.92. The van der Waals surface area contributed by atoms with Crippen molar-refractivity contribution < 1.29 is 4.42 Å². The highest BCUT2D eigenvalue weighted by Gasteiger charge is 2.35. The molecule has 3 heterocycles. The summed E-state index contributed by atoms with van der Waals surface area (Å²) in [5.41, 5.74) is 15.1. The molecular weight excluding hydrogens is 721 g/mol. The molecule has 0 fully saturated rings. The average molecular weight is 757 g/mol. The van der Waals surface area contributed by atoms with Crippen LogP contribution in [-0.4, -0.2) is 19.5 Å². The summed E-state index contributed by atoms with van der Waals surface area (Å²) < 4.78 is 9.04. The zero-order chi connectivity index (χ0) is 39.2. The third-order valence-corrected chi connectivity index (χ3v) is 12.3. The lowest BCUT2D eigenvalue weighted by atomic mass is 9.82. The summed E-state index contributed by atoms with van der Waals surface area (Å²) in [6.45, 7) is 4.61. The van der Waals surface area contributed by atoms with Crippen molar-refractivity contribution in [1.82, 2.24) is 19.5 Å². The van der Waals surface area contributed by atoms with Gasteiger partial charge in [-0.15, -0.1) is 0 Å². The minimum Gasteiger partial charge on any atom is -0.454 e. The lowest BCUT2D eigenvalue weighted by molar-refractivity contribution is 0.660. The summed E-state index contributed by atoms with van der Waals surface area (Å²) in [4.78, 5) is 15.5. The minimum absolute atomic E-state index is 0.142. The van der Waals surface area contributed by atoms with Crippen LogP contribution in [0.1, 0.15) is 25.0 Å². The molecule has 0 spiro atoms. The van der Waals surface area contributed by atoms with E-state index in [1.165, 1.54) is 27.8 Å². The monoisotopic (exact) mass is 756 g/mol. The molecule has 3 aromatic heterocycles. The van der Waals surface area contributed by atoms with Crippen molar-refractivity contribution in [3.05, 3.63) is 193 Å². The Balaban J connectivity index is 1.02. The molecule has 0 saturated carbocycles. The second-order valence-corrected chi connectivity index (χ2v) is 16.0. The van der Waals surface area contributed by atoms with Crippen LogP contribution in [0.3, 0.4) is 0 Å². The Morgan fingerprint density at radius 3 is 1.81 bits per heavy atom. The molecule has 5 nitrogen and oxygen atoms in total. The van der Waals surface area contributed by atoms with Crippen molar-refractivity contribution in [2.45, 2.75) is 19.3 Å². The van der Waals surface area contributed by atoms with Crippen molar-refractivity contribution in [1.29, 1.82) is 0 Å². The maximum absolute atomic E-state index is 6.71. The predicted molar refractivity (Wildman–Crippen MR) is 241 cm³/mol. The number of furan rings is 1. The quantitative estimate of drug-likeness (QED) is 0.175. The zero-order valence-electron chi connectivity index (χ0n) is 32.5. The van der Waals surface area contributed by atoms with E-state index in [9.17, 15) is 0 Å². The first-order valence-corrected chi connectivity index (χ1v) is 20.1. The molecule has 278 valence electrons. The average Bonchev–Trinajstić information content (AvgIpc) is 3.91. The highest BCUT2D eigenvalue weighted by Crippen LogP contribution is 2.49. The van der Waals surface area contributed by atoms with Gasteiger partial charge in [0.25, 0.3) is 0 Å². The number of nitrogens with zero attached hydrogens (tertiary/aromatic N) is 4. The van der Waals surface area contributed by atoms with Gasteiger partial charge in [-0.2, -0.15) is 0 Å². The molecule has 0 radical (unpaired) electrons. The molecule has 0 aliphatic heterocycles. The Labute approximate surface area is 340 Å². The molecule has 0 atom stereocenters. The largest absolute Gasteiger partial charge is 0.454 e. The van der Waals surface area contributed by atoms with Crippen LogP contribution in [0.25, 0.3) is 106 Å². The molecule has 0 saturated heterocycles. The van der Waals surface area contributed by atoms with E-state index in [0.29, 0.717) is 17.5 Å². The van der Waals surface area contributed by atoms with Crippen LogP contribution in [0, 0.1) is 0 Å². The topological polar surface area (TPSA) is 56.7 Å². The normalized spacial score (nSPS) is 13.1. The zero-order valence-corrected chi connectivity index (χ0v) is 32.5. The highest BCUT2D eigenvalue weighted by molar-refractivity contribution is 6.13. The van der Waals surface area contributed by atoms with Gasteiger partial charge in [-0.1, -0.05) is 147 Å². The van der Waals surface area contributed by atoms with Crippen LogP contribution in [0.2, 0.25) is 0 Å². The minimum atomic E-state index is -0.142. The fraction of sp³-hybridized carbons (Fsp3) is 0.0556. The third-order valence-electron chi connectivity index (χ3n) is 12.3. The third kappa shape index (κ3) is 5.14.